The summed E-state index contributed by atoms with van der Waals surface area (Å²) in [6.45, 7) is 0.532. The first-order chi connectivity index (χ1) is 9.04. The standard InChI is InChI=1S/C12H14IN3O3/c13-7-3-4-10(17)8(6-7)12(18)16-5-1-2-9(16)11(14)15-19/h3-4,6,9,17,19H,1-2,5H2,(H2,14,15). The fourth-order valence-electron chi connectivity index (χ4n) is 2.22. The van der Waals surface area contributed by atoms with E-state index in [1.165, 1.54) is 11.0 Å². The molecule has 6 nitrogen and oxygen atoms in total. The number of likely N-dealkylation sites (tertiary alicyclic amines) is 1. The van der Waals surface area contributed by atoms with E-state index in [1.807, 2.05) is 0 Å². The molecule has 0 spiro atoms. The van der Waals surface area contributed by atoms with Crippen LogP contribution in [0.15, 0.2) is 23.4 Å². The molecule has 0 saturated carbocycles. The maximum Gasteiger partial charge on any atom is 0.258 e. The number of carbonyl (C=O) groups is 1. The molecule has 7 heteroatoms. The number of hydrogen-bond acceptors (Lipinski definition) is 4. The van der Waals surface area contributed by atoms with Gasteiger partial charge in [-0.25, -0.2) is 0 Å². The van der Waals surface area contributed by atoms with Crippen molar-refractivity contribution in [1.29, 1.82) is 0 Å². The normalized spacial score (nSPS) is 19.7. The van der Waals surface area contributed by atoms with Gasteiger partial charge in [-0.15, -0.1) is 0 Å². The van der Waals surface area contributed by atoms with E-state index in [0.29, 0.717) is 13.0 Å². The van der Waals surface area contributed by atoms with Crippen LogP contribution >= 0.6 is 22.6 Å². The summed E-state index contributed by atoms with van der Waals surface area (Å²) in [5.41, 5.74) is 5.83. The van der Waals surface area contributed by atoms with Gasteiger partial charge in [0.1, 0.15) is 5.75 Å². The fourth-order valence-corrected chi connectivity index (χ4v) is 2.71. The van der Waals surface area contributed by atoms with Gasteiger partial charge in [0.05, 0.1) is 11.6 Å². The van der Waals surface area contributed by atoms with Gasteiger partial charge in [0.15, 0.2) is 5.84 Å². The van der Waals surface area contributed by atoms with E-state index >= 15 is 0 Å². The average molecular weight is 375 g/mol. The van der Waals surface area contributed by atoms with Crippen LogP contribution < -0.4 is 5.73 Å². The van der Waals surface area contributed by atoms with E-state index in [4.69, 9.17) is 10.9 Å². The van der Waals surface area contributed by atoms with E-state index < -0.39 is 6.04 Å². The summed E-state index contributed by atoms with van der Waals surface area (Å²) in [4.78, 5) is 13.9. The van der Waals surface area contributed by atoms with Crippen LogP contribution in [0.1, 0.15) is 23.2 Å². The van der Waals surface area contributed by atoms with Crippen molar-refractivity contribution in [2.24, 2.45) is 10.9 Å². The first kappa shape index (κ1) is 13.9. The number of carbonyl (C=O) groups excluding carboxylic acids is 1. The maximum atomic E-state index is 12.4. The van der Waals surface area contributed by atoms with Gasteiger partial charge < -0.3 is 20.9 Å². The molecule has 1 heterocycles. The molecule has 0 aliphatic carbocycles. The number of amides is 1. The fraction of sp³-hybridized carbons (Fsp3) is 0.333. The largest absolute Gasteiger partial charge is 0.507 e. The summed E-state index contributed by atoms with van der Waals surface area (Å²) in [7, 11) is 0. The van der Waals surface area contributed by atoms with Crippen molar-refractivity contribution < 1.29 is 15.1 Å². The van der Waals surface area contributed by atoms with Crippen LogP contribution in [0, 0.1) is 3.57 Å². The quantitative estimate of drug-likeness (QED) is 0.239. The minimum Gasteiger partial charge on any atom is -0.507 e. The summed E-state index contributed by atoms with van der Waals surface area (Å²) in [6.07, 6.45) is 1.45. The number of phenolic OH excluding ortho intramolecular Hbond substituents is 1. The second kappa shape index (κ2) is 5.64. The molecule has 2 rings (SSSR count). The molecule has 1 atom stereocenters. The summed E-state index contributed by atoms with van der Waals surface area (Å²) in [6, 6.07) is 4.43. The number of nitrogens with two attached hydrogens (primary N) is 1. The van der Waals surface area contributed by atoms with Gasteiger partial charge in [0.2, 0.25) is 0 Å². The number of phenols is 1. The van der Waals surface area contributed by atoms with E-state index in [9.17, 15) is 9.90 Å². The van der Waals surface area contributed by atoms with Crippen LogP contribution in [-0.2, 0) is 0 Å². The van der Waals surface area contributed by atoms with Gasteiger partial charge >= 0.3 is 0 Å². The lowest BCUT2D eigenvalue weighted by Crippen LogP contribution is -2.43. The van der Waals surface area contributed by atoms with Crippen LogP contribution in [0.4, 0.5) is 0 Å². The number of rotatable bonds is 2. The van der Waals surface area contributed by atoms with E-state index in [2.05, 4.69) is 27.7 Å². The van der Waals surface area contributed by atoms with Crippen molar-refractivity contribution in [3.8, 4) is 5.75 Å². The first-order valence-corrected chi connectivity index (χ1v) is 6.89. The van der Waals surface area contributed by atoms with Crippen LogP contribution in [-0.4, -0.2) is 39.5 Å². The number of oxime groups is 1. The van der Waals surface area contributed by atoms with E-state index in [1.54, 1.807) is 12.1 Å². The molecule has 1 aliphatic rings. The predicted octanol–water partition coefficient (Wildman–Crippen LogP) is 1.35. The van der Waals surface area contributed by atoms with Gasteiger partial charge in [0.25, 0.3) is 5.91 Å². The highest BCUT2D eigenvalue weighted by atomic mass is 127. The maximum absolute atomic E-state index is 12.4. The highest BCUT2D eigenvalue weighted by molar-refractivity contribution is 14.1. The Morgan fingerprint density at radius 2 is 2.26 bits per heavy atom. The second-order valence-corrected chi connectivity index (χ2v) is 5.59. The number of hydrogen-bond donors (Lipinski definition) is 3. The van der Waals surface area contributed by atoms with E-state index in [0.717, 1.165) is 9.99 Å². The van der Waals surface area contributed by atoms with Crippen molar-refractivity contribution in [2.75, 3.05) is 6.54 Å². The highest BCUT2D eigenvalue weighted by Crippen LogP contribution is 2.26. The molecule has 1 aromatic carbocycles. The Kier molecular flexibility index (Phi) is 4.13. The number of amidine groups is 1. The number of halogens is 1. The van der Waals surface area contributed by atoms with Gasteiger partial charge in [-0.1, -0.05) is 5.16 Å². The van der Waals surface area contributed by atoms with Crippen LogP contribution in [0.2, 0.25) is 0 Å². The molecule has 0 aromatic heterocycles. The topological polar surface area (TPSA) is 99.2 Å². The lowest BCUT2D eigenvalue weighted by Gasteiger charge is -2.24. The number of benzene rings is 1. The molecule has 1 saturated heterocycles. The SMILES string of the molecule is N/C(=N/O)C1CCCN1C(=O)c1cc(I)ccc1O. The van der Waals surface area contributed by atoms with E-state index in [-0.39, 0.29) is 23.1 Å². The van der Waals surface area contributed by atoms with Crippen LogP contribution in [0.3, 0.4) is 0 Å². The number of aromatic hydroxyl groups is 1. The Balaban J connectivity index is 2.31. The second-order valence-electron chi connectivity index (χ2n) is 4.34. The summed E-state index contributed by atoms with van der Waals surface area (Å²) in [5.74, 6) is -0.336. The monoisotopic (exact) mass is 375 g/mol. The van der Waals surface area contributed by atoms with Gasteiger partial charge in [-0.3, -0.25) is 4.79 Å². The zero-order chi connectivity index (χ0) is 14.0. The highest BCUT2D eigenvalue weighted by Gasteiger charge is 2.33. The molecule has 1 aliphatic heterocycles. The Labute approximate surface area is 124 Å². The van der Waals surface area contributed by atoms with Crippen molar-refractivity contribution in [3.63, 3.8) is 0 Å². The van der Waals surface area contributed by atoms with Gasteiger partial charge in [-0.05, 0) is 53.6 Å². The lowest BCUT2D eigenvalue weighted by atomic mass is 10.1. The summed E-state index contributed by atoms with van der Waals surface area (Å²) >= 11 is 2.07. The minimum absolute atomic E-state index is 0.0240. The Bertz CT molecular complexity index is 533. The van der Waals surface area contributed by atoms with Crippen molar-refractivity contribution >= 4 is 34.3 Å². The van der Waals surface area contributed by atoms with Crippen LogP contribution in [0.25, 0.3) is 0 Å². The number of nitrogens with zero attached hydrogens (tertiary/aromatic N) is 2. The predicted molar refractivity (Wildman–Crippen MR) is 78.3 cm³/mol. The third kappa shape index (κ3) is 2.75. The summed E-state index contributed by atoms with van der Waals surface area (Å²) < 4.78 is 0.860. The van der Waals surface area contributed by atoms with Gasteiger partial charge in [0, 0.05) is 10.1 Å². The average Bonchev–Trinajstić information content (AvgIpc) is 2.89. The molecule has 0 bridgehead atoms. The molecule has 4 N–H and O–H groups in total. The molecule has 102 valence electrons. The van der Waals surface area contributed by atoms with Crippen molar-refractivity contribution in [2.45, 2.75) is 18.9 Å². The van der Waals surface area contributed by atoms with Crippen molar-refractivity contribution in [1.82, 2.24) is 4.90 Å². The summed E-state index contributed by atoms with van der Waals surface area (Å²) in [5, 5.41) is 21.5. The molecular formula is C12H14IN3O3. The Morgan fingerprint density at radius 1 is 1.53 bits per heavy atom. The smallest absolute Gasteiger partial charge is 0.258 e. The lowest BCUT2D eigenvalue weighted by molar-refractivity contribution is 0.0765. The molecule has 19 heavy (non-hydrogen) atoms. The van der Waals surface area contributed by atoms with Crippen LogP contribution in [0.5, 0.6) is 5.75 Å². The van der Waals surface area contributed by atoms with Gasteiger partial charge in [-0.2, -0.15) is 0 Å². The van der Waals surface area contributed by atoms with Crippen molar-refractivity contribution in [3.05, 3.63) is 27.3 Å². The zero-order valence-corrected chi connectivity index (χ0v) is 12.2. The Hall–Kier alpha value is -1.51. The molecule has 1 fully saturated rings. The molecule has 1 unspecified atom stereocenters. The third-order valence-corrected chi connectivity index (χ3v) is 3.83. The molecule has 0 radical (unpaired) electrons. The minimum atomic E-state index is -0.408. The molecule has 1 amide bonds. The Morgan fingerprint density at radius 3 is 2.95 bits per heavy atom. The molecular weight excluding hydrogens is 361 g/mol. The third-order valence-electron chi connectivity index (χ3n) is 3.16. The zero-order valence-electron chi connectivity index (χ0n) is 10.1. The first-order valence-electron chi connectivity index (χ1n) is 5.81. The molecule has 1 aromatic rings.